The van der Waals surface area contributed by atoms with Crippen molar-refractivity contribution in [2.45, 2.75) is 208 Å². The van der Waals surface area contributed by atoms with Crippen LogP contribution in [0.5, 0.6) is 0 Å². The number of nitrogens with zero attached hydrogens (tertiary/aromatic N) is 9. The Morgan fingerprint density at radius 3 is 1.60 bits per heavy atom. The summed E-state index contributed by atoms with van der Waals surface area (Å²) in [6.07, 6.45) is -1.14. The lowest BCUT2D eigenvalue weighted by atomic mass is 9.99. The molecule has 48 heteroatoms. The molecule has 3 aliphatic heterocycles. The molecule has 0 aliphatic carbocycles. The lowest BCUT2D eigenvalue weighted by molar-refractivity contribution is -0.143. The van der Waals surface area contributed by atoms with Gasteiger partial charge in [0.15, 0.2) is 5.78 Å². The Morgan fingerprint density at radius 1 is 0.562 bits per heavy atom. The van der Waals surface area contributed by atoms with Crippen LogP contribution in [0.4, 0.5) is 0 Å². The zero-order chi connectivity index (χ0) is 99.8. The average Bonchev–Trinajstić information content (AvgIpc) is 1.71. The number of primary amides is 1. The van der Waals surface area contributed by atoms with Gasteiger partial charge in [-0.2, -0.15) is 50.6 Å². The maximum absolute atomic E-state index is 15.6. The number of aryl methyl sites for hydroxylation is 3. The molecule has 3 aliphatic rings. The Labute approximate surface area is 802 Å². The van der Waals surface area contributed by atoms with Gasteiger partial charge in [-0.15, -0.1) is 0 Å². The SMILES string of the molecule is CC(C)[C@@H]1NC(=O)[C@H](Cc2c[nH]c3ccccc23)NC(=O)[C@@H]2CSCc3cc(n(C)n3)CN(Cc3cc(nn3C)CSC[C@@H](C(N)=O)NC(=O)[C@@H]3CCCN3C(=O)[C@H](C(C)C)NC(=O)[C@H](Cc3c[nH]c4ccccc34)NC(=O)CNC(=O)[C@H](CC(=O)O)NC1=O)Cc1cc(nn1C)CSC[C@H](NC(=O)[C@H](C)NCC(=O)CN(C)C(=O)CCN)C(=O)N[C@@H]([C@@H](C)O)C(=O)N[C@@H](CCC(=O)O)C(=O)N2. The minimum absolute atomic E-state index is 0.0131. The van der Waals surface area contributed by atoms with Crippen molar-refractivity contribution in [3.8, 4) is 0 Å². The minimum atomic E-state index is -1.96. The first-order valence-corrected chi connectivity index (χ1v) is 48.4. The average molecular weight is 1960 g/mol. The molecule has 8 bridgehead atoms. The van der Waals surface area contributed by atoms with Gasteiger partial charge in [-0.25, -0.2) is 0 Å². The van der Waals surface area contributed by atoms with E-state index in [4.69, 9.17) is 26.8 Å². The van der Waals surface area contributed by atoms with Gasteiger partial charge >= 0.3 is 11.9 Å². The van der Waals surface area contributed by atoms with E-state index in [9.17, 15) is 82.4 Å². The van der Waals surface area contributed by atoms with Gasteiger partial charge in [0.05, 0.1) is 72.4 Å². The van der Waals surface area contributed by atoms with Crippen LogP contribution in [0.15, 0.2) is 79.1 Å². The summed E-state index contributed by atoms with van der Waals surface area (Å²) in [6.45, 7) is 8.03. The fourth-order valence-electron chi connectivity index (χ4n) is 16.0. The minimum Gasteiger partial charge on any atom is -0.481 e. The molecule has 45 nitrogen and oxygen atoms in total. The fraction of sp³-hybridized carbons (Fsp3) is 0.528. The first kappa shape index (κ1) is 106. The lowest BCUT2D eigenvalue weighted by Gasteiger charge is -2.32. The number of nitrogens with two attached hydrogens (primary N) is 2. The van der Waals surface area contributed by atoms with Crippen molar-refractivity contribution >= 4 is 158 Å². The molecule has 1 fully saturated rings. The number of para-hydroxylation sites is 2. The van der Waals surface area contributed by atoms with Crippen LogP contribution in [0.1, 0.15) is 125 Å². The van der Waals surface area contributed by atoms with Crippen LogP contribution in [0.3, 0.4) is 0 Å². The van der Waals surface area contributed by atoms with E-state index in [2.05, 4.69) is 78.7 Å². The van der Waals surface area contributed by atoms with Crippen LogP contribution in [-0.2, 0) is 152 Å². The van der Waals surface area contributed by atoms with Crippen LogP contribution < -0.4 is 75.3 Å². The maximum atomic E-state index is 15.6. The highest BCUT2D eigenvalue weighted by Gasteiger charge is 2.43. The van der Waals surface area contributed by atoms with Crippen molar-refractivity contribution in [3.63, 3.8) is 0 Å². The molecule has 14 atom stereocenters. The zero-order valence-corrected chi connectivity index (χ0v) is 80.4. The number of aromatic amines is 2. The second-order valence-corrected chi connectivity index (χ2v) is 38.1. The van der Waals surface area contributed by atoms with E-state index in [0.29, 0.717) is 73.5 Å². The smallest absolute Gasteiger partial charge is 0.305 e. The normalized spacial score (nSPS) is 23.2. The molecular weight excluding hydrogens is 1840 g/mol. The van der Waals surface area contributed by atoms with Crippen molar-refractivity contribution in [2.75, 3.05) is 57.0 Å². The highest BCUT2D eigenvalue weighted by atomic mass is 32.2. The molecule has 10 rings (SSSR count). The van der Waals surface area contributed by atoms with Crippen molar-refractivity contribution in [1.82, 2.24) is 118 Å². The lowest BCUT2D eigenvalue weighted by Crippen LogP contribution is -2.62. The first-order chi connectivity index (χ1) is 65.1. The van der Waals surface area contributed by atoms with E-state index in [0.717, 1.165) is 30.4 Å². The monoisotopic (exact) mass is 1960 g/mol. The second-order valence-electron chi connectivity index (χ2n) is 35.0. The van der Waals surface area contributed by atoms with E-state index in [1.165, 1.54) is 49.4 Å². The summed E-state index contributed by atoms with van der Waals surface area (Å²) in [7, 11) is 6.64. The number of benzene rings is 2. The number of H-pyrrole nitrogens is 2. The Bertz CT molecular complexity index is 5550. The number of aliphatic carboxylic acids is 2. The number of carbonyl (C=O) groups excluding carboxylic acids is 15. The standard InChI is InChI=1S/C89H123N25O20S3/c1-46(2)75-87(132)99-66(31-74(121)122)80(125)95-35-71(117)96-64(26-50-32-93-61-18-13-11-16-59(50)61)82(127)104-76(47(3)4)89(134)114-25-15-20-70(114)86(131)100-67(78(91)123)43-135-40-52-28-55(110(8)106-52)36-113-37-56-29-53(107-111(56)9)41-136-44-68(84(129)98-65(83(128)103-75)27-51-33-94-62-19-14-12-17-60(51)62)102-81(126)63(21-22-73(119)120)97-88(133)77(49(6)115)105-85(130)69(45-137-42-54-30-57(38-113)112(10)108-54)101-79(124)48(5)92-34-58(116)39-109(7)72(118)23-24-90/h11-14,16-19,28-30,32-33,46-49,63-70,75-77,92-94,115H,15,20-27,31,34-45,90H2,1-10H3,(H2,91,123)(H,95,125)(H,96,117)(H,97,133)(H,98,129)(H,99,132)(H,100,131)(H,101,124)(H,102,126)(H,103,128)(H,104,127)(H,105,130)(H,119,120)(H,121,122)/t48-,49+,63-,64-,65-,66-,67-,68-,69-,70-,75-,76-,77-/m0/s1. The highest BCUT2D eigenvalue weighted by Crippen LogP contribution is 2.28. The topological polar surface area (TPSA) is 642 Å². The molecule has 0 saturated carbocycles. The number of rotatable bonds is 22. The summed E-state index contributed by atoms with van der Waals surface area (Å²) in [5.74, 6) is -18.4. The van der Waals surface area contributed by atoms with Crippen LogP contribution in [0.2, 0.25) is 0 Å². The van der Waals surface area contributed by atoms with E-state index in [1.54, 1.807) is 110 Å². The molecule has 21 N–H and O–H groups in total. The number of carboxylic acid groups (broad SMARTS) is 2. The summed E-state index contributed by atoms with van der Waals surface area (Å²) in [4.78, 5) is 253. The van der Waals surface area contributed by atoms with E-state index in [-0.39, 0.29) is 105 Å². The van der Waals surface area contributed by atoms with Gasteiger partial charge in [0.25, 0.3) is 0 Å². The number of hydrogen-bond donors (Lipinski definition) is 19. The van der Waals surface area contributed by atoms with Gasteiger partial charge in [-0.1, -0.05) is 64.1 Å². The first-order valence-electron chi connectivity index (χ1n) is 44.9. The zero-order valence-electron chi connectivity index (χ0n) is 77.9. The number of nitrogens with one attached hydrogen (secondary N) is 14. The van der Waals surface area contributed by atoms with E-state index >= 15 is 14.4 Å². The van der Waals surface area contributed by atoms with Crippen molar-refractivity contribution in [2.24, 2.45) is 44.4 Å². The highest BCUT2D eigenvalue weighted by molar-refractivity contribution is 7.99. The predicted octanol–water partition coefficient (Wildman–Crippen LogP) is -2.91. The summed E-state index contributed by atoms with van der Waals surface area (Å²) < 4.78 is 5.02. The Hall–Kier alpha value is -12.8. The molecule has 0 spiro atoms. The molecule has 7 aromatic rings. The molecule has 1 unspecified atom stereocenters. The Kier molecular flexibility index (Phi) is 38.7. The second kappa shape index (κ2) is 49.8. The molecule has 137 heavy (non-hydrogen) atoms. The molecule has 1 saturated heterocycles. The largest absolute Gasteiger partial charge is 0.481 e. The summed E-state index contributed by atoms with van der Waals surface area (Å²) in [5, 5.41) is 79.1. The number of likely N-dealkylation sites (N-methyl/N-ethyl adjacent to an activating group) is 1. The molecule has 5 aromatic heterocycles. The molecule has 742 valence electrons. The Morgan fingerprint density at radius 2 is 1.07 bits per heavy atom. The number of hydrogen-bond acceptors (Lipinski definition) is 27. The van der Waals surface area contributed by atoms with Crippen LogP contribution in [0, 0.1) is 11.8 Å². The number of aliphatic hydroxyl groups excluding tert-OH is 1. The van der Waals surface area contributed by atoms with Crippen molar-refractivity contribution in [3.05, 3.63) is 124 Å². The molecule has 2 aromatic carbocycles. The predicted molar refractivity (Wildman–Crippen MR) is 506 cm³/mol. The van der Waals surface area contributed by atoms with Gasteiger partial charge in [0, 0.05) is 155 Å². The number of ketones is 1. The van der Waals surface area contributed by atoms with E-state index in [1.807, 2.05) is 18.2 Å². The van der Waals surface area contributed by atoms with Gasteiger partial charge in [0.1, 0.15) is 66.5 Å². The van der Waals surface area contributed by atoms with Gasteiger partial charge < -0.3 is 105 Å². The van der Waals surface area contributed by atoms with Crippen molar-refractivity contribution < 1.29 is 96.8 Å². The maximum Gasteiger partial charge on any atom is 0.305 e. The number of amides is 14. The van der Waals surface area contributed by atoms with Gasteiger partial charge in [-0.05, 0) is 86.4 Å². The van der Waals surface area contributed by atoms with Crippen molar-refractivity contribution in [1.29, 1.82) is 0 Å². The molecule has 8 heterocycles. The number of fused-ring (bicyclic) bond motifs is 11. The number of carboxylic acids is 2. The van der Waals surface area contributed by atoms with Gasteiger partial charge in [0.2, 0.25) is 82.7 Å². The van der Waals surface area contributed by atoms with Crippen LogP contribution >= 0.6 is 35.3 Å². The number of carbonyl (C=O) groups is 17. The number of aromatic nitrogens is 8. The quantitative estimate of drug-likeness (QED) is 0.0323. The van der Waals surface area contributed by atoms with E-state index < -0.39 is 217 Å². The number of thioether (sulfide) groups is 3. The summed E-state index contributed by atoms with van der Waals surface area (Å²) in [6, 6.07) is 0.846. The third-order valence-corrected chi connectivity index (χ3v) is 26.7. The van der Waals surface area contributed by atoms with Crippen LogP contribution in [-0.4, -0.2) is 305 Å². The van der Waals surface area contributed by atoms with Gasteiger partial charge in [-0.3, -0.25) is 106 Å². The number of aliphatic hydroxyl groups is 1. The van der Waals surface area contributed by atoms with Crippen LogP contribution in [0.25, 0.3) is 21.8 Å². The summed E-state index contributed by atoms with van der Waals surface area (Å²) >= 11 is 3.47. The summed E-state index contributed by atoms with van der Waals surface area (Å²) in [5.41, 5.74) is 17.5. The molecular formula is C89H123N25O20S3. The number of Topliss-reactive ketones (excluding diaryl/α,β-unsaturated/α-hetero) is 1. The fourth-order valence-corrected chi connectivity index (χ4v) is 18.8. The third-order valence-electron chi connectivity index (χ3n) is 23.5. The molecule has 14 amide bonds. The third kappa shape index (κ3) is 30.1. The Balaban J connectivity index is 1.03. The molecule has 0 radical (unpaired) electrons.